The van der Waals surface area contributed by atoms with E-state index in [4.69, 9.17) is 5.73 Å². The first-order valence-corrected chi connectivity index (χ1v) is 15.2. The molecule has 2 amide bonds. The van der Waals surface area contributed by atoms with Gasteiger partial charge in [-0.05, 0) is 42.9 Å². The van der Waals surface area contributed by atoms with Crippen LogP contribution < -0.4 is 21.7 Å². The van der Waals surface area contributed by atoms with E-state index in [1.807, 2.05) is 32.2 Å². The lowest BCUT2D eigenvalue weighted by atomic mass is 9.88. The minimum atomic E-state index is -3.49. The van der Waals surface area contributed by atoms with Crippen LogP contribution in [0.2, 0.25) is 0 Å². The number of carbonyl (C=O) groups is 2. The summed E-state index contributed by atoms with van der Waals surface area (Å²) >= 11 is 0. The van der Waals surface area contributed by atoms with Crippen LogP contribution in [0.1, 0.15) is 52.4 Å². The largest absolute Gasteiger partial charge is 0.391 e. The fourth-order valence-corrected chi connectivity index (χ4v) is 7.44. The molecule has 0 aromatic heterocycles. The third-order valence-electron chi connectivity index (χ3n) is 7.34. The van der Waals surface area contributed by atoms with Crippen LogP contribution in [-0.2, 0) is 14.2 Å². The number of carbonyl (C=O) groups excluding carboxylic acids is 2. The van der Waals surface area contributed by atoms with E-state index in [9.17, 15) is 24.2 Å². The summed E-state index contributed by atoms with van der Waals surface area (Å²) in [6, 6.07) is -1.46. The maximum absolute atomic E-state index is 12.8. The van der Waals surface area contributed by atoms with Crippen LogP contribution in [-0.4, -0.2) is 64.9 Å². The Labute approximate surface area is 214 Å². The van der Waals surface area contributed by atoms with Gasteiger partial charge in [-0.1, -0.05) is 57.4 Å². The van der Waals surface area contributed by atoms with Crippen LogP contribution in [0.15, 0.2) is 36.1 Å². The summed E-state index contributed by atoms with van der Waals surface area (Å²) in [7, 11) is -3.49. The van der Waals surface area contributed by atoms with Gasteiger partial charge in [0.05, 0.1) is 24.3 Å². The van der Waals surface area contributed by atoms with Crippen molar-refractivity contribution >= 4 is 19.2 Å². The Hall–Kier alpha value is -1.93. The van der Waals surface area contributed by atoms with E-state index in [1.165, 1.54) is 6.42 Å². The van der Waals surface area contributed by atoms with E-state index in [2.05, 4.69) is 28.1 Å². The first kappa shape index (κ1) is 28.6. The van der Waals surface area contributed by atoms with Gasteiger partial charge in [-0.2, -0.15) is 0 Å². The molecule has 1 aliphatic heterocycles. The molecule has 0 aromatic carbocycles. The fourth-order valence-electron chi connectivity index (χ4n) is 5.33. The van der Waals surface area contributed by atoms with Crippen molar-refractivity contribution in [2.45, 2.75) is 76.6 Å². The maximum atomic E-state index is 12.8. The van der Waals surface area contributed by atoms with Gasteiger partial charge in [-0.25, -0.2) is 0 Å². The first-order chi connectivity index (χ1) is 17.1. The number of aliphatic hydroxyl groups is 1. The number of hydrogen-bond acceptors (Lipinski definition) is 6. The van der Waals surface area contributed by atoms with Crippen molar-refractivity contribution in [3.05, 3.63) is 36.1 Å². The molecule has 3 aliphatic rings. The molecule has 0 aromatic rings. The molecule has 7 N–H and O–H groups in total. The molecular formula is C26H43N4O5P. The van der Waals surface area contributed by atoms with Crippen LogP contribution in [0.5, 0.6) is 0 Å². The quantitative estimate of drug-likeness (QED) is 0.214. The Kier molecular flexibility index (Phi) is 10.4. The minimum absolute atomic E-state index is 0.152. The molecular weight excluding hydrogens is 479 g/mol. The standard InChI is InChI=1S/C26H43N4O5P/c1-17(2)24(30-25(32)22(27)12-19-13-28-23-11-7-6-10-21(19)23)26(33)29-14-20(31)16-36(34,35)15-18-8-4-3-5-9-18/h6-7,10-11,13,17-18,20-24,28,31H,3-5,8-9,12,14-16,27H2,1-2H3,(H,29,33)(H,30,32)(H,34,35)/t20-,21?,22+,23?,24+/m1/s1. The summed E-state index contributed by atoms with van der Waals surface area (Å²) in [5.41, 5.74) is 7.22. The van der Waals surface area contributed by atoms with E-state index >= 15 is 0 Å². The number of nitrogens with two attached hydrogens (primary N) is 1. The molecule has 1 heterocycles. The summed E-state index contributed by atoms with van der Waals surface area (Å²) in [4.78, 5) is 36.0. The molecule has 0 radical (unpaired) electrons. The molecule has 9 nitrogen and oxygen atoms in total. The second-order valence-electron chi connectivity index (χ2n) is 10.9. The van der Waals surface area contributed by atoms with Crippen LogP contribution in [0, 0.1) is 17.8 Å². The monoisotopic (exact) mass is 522 g/mol. The van der Waals surface area contributed by atoms with E-state index in [1.54, 1.807) is 0 Å². The maximum Gasteiger partial charge on any atom is 0.242 e. The van der Waals surface area contributed by atoms with Gasteiger partial charge in [0, 0.05) is 18.6 Å². The average Bonchev–Trinajstić information content (AvgIpc) is 3.23. The average molecular weight is 523 g/mol. The second-order valence-corrected chi connectivity index (χ2v) is 13.3. The Balaban J connectivity index is 1.45. The Morgan fingerprint density at radius 3 is 2.56 bits per heavy atom. The van der Waals surface area contributed by atoms with Crippen molar-refractivity contribution in [1.29, 1.82) is 0 Å². The van der Waals surface area contributed by atoms with E-state index in [-0.39, 0.29) is 42.7 Å². The zero-order valence-corrected chi connectivity index (χ0v) is 22.3. The Bertz CT molecular complexity index is 912. The second kappa shape index (κ2) is 13.0. The molecule has 2 aliphatic carbocycles. The number of allylic oxidation sites excluding steroid dienone is 2. The third kappa shape index (κ3) is 8.30. The minimum Gasteiger partial charge on any atom is -0.391 e. The molecule has 3 unspecified atom stereocenters. The van der Waals surface area contributed by atoms with Gasteiger partial charge in [0.2, 0.25) is 19.2 Å². The van der Waals surface area contributed by atoms with Gasteiger partial charge in [-0.15, -0.1) is 0 Å². The van der Waals surface area contributed by atoms with Gasteiger partial charge in [0.1, 0.15) is 6.04 Å². The van der Waals surface area contributed by atoms with Crippen molar-refractivity contribution in [1.82, 2.24) is 16.0 Å². The number of nitrogens with one attached hydrogen (secondary N) is 3. The summed E-state index contributed by atoms with van der Waals surface area (Å²) < 4.78 is 12.6. The molecule has 0 spiro atoms. The van der Waals surface area contributed by atoms with Gasteiger partial charge < -0.3 is 31.7 Å². The predicted octanol–water partition coefficient (Wildman–Crippen LogP) is 1.77. The normalized spacial score (nSPS) is 25.8. The van der Waals surface area contributed by atoms with Crippen molar-refractivity contribution in [3.63, 3.8) is 0 Å². The van der Waals surface area contributed by atoms with Gasteiger partial charge in [0.25, 0.3) is 0 Å². The van der Waals surface area contributed by atoms with Crippen molar-refractivity contribution in [2.24, 2.45) is 23.5 Å². The topological polar surface area (TPSA) is 154 Å². The van der Waals surface area contributed by atoms with Crippen molar-refractivity contribution in [3.8, 4) is 0 Å². The van der Waals surface area contributed by atoms with Gasteiger partial charge in [0.15, 0.2) is 0 Å². The summed E-state index contributed by atoms with van der Waals surface area (Å²) in [5.74, 6) is -0.687. The molecule has 6 atom stereocenters. The zero-order valence-electron chi connectivity index (χ0n) is 21.4. The molecule has 10 heteroatoms. The zero-order chi connectivity index (χ0) is 26.3. The van der Waals surface area contributed by atoms with E-state index in [0.717, 1.165) is 31.3 Å². The SMILES string of the molecule is CC(C)[C@H](NC(=O)[C@@H](N)CC1=CNC2C=CC=CC12)C(=O)NC[C@@H](O)CP(=O)(O)CC1CCCCC1. The van der Waals surface area contributed by atoms with E-state index in [0.29, 0.717) is 6.42 Å². The Morgan fingerprint density at radius 1 is 1.17 bits per heavy atom. The summed E-state index contributed by atoms with van der Waals surface area (Å²) in [6.45, 7) is 3.47. The van der Waals surface area contributed by atoms with Crippen LogP contribution >= 0.6 is 7.37 Å². The predicted molar refractivity (Wildman–Crippen MR) is 141 cm³/mol. The number of amides is 2. The van der Waals surface area contributed by atoms with Crippen molar-refractivity contribution < 1.29 is 24.2 Å². The van der Waals surface area contributed by atoms with Crippen LogP contribution in [0.3, 0.4) is 0 Å². The number of aliphatic hydroxyl groups excluding tert-OH is 1. The highest BCUT2D eigenvalue weighted by Crippen LogP contribution is 2.45. The fraction of sp³-hybridized carbons (Fsp3) is 0.692. The number of rotatable bonds is 12. The summed E-state index contributed by atoms with van der Waals surface area (Å²) in [5, 5.41) is 19.0. The van der Waals surface area contributed by atoms with Crippen molar-refractivity contribution in [2.75, 3.05) is 18.9 Å². The van der Waals surface area contributed by atoms with E-state index < -0.39 is 37.4 Å². The molecule has 36 heavy (non-hydrogen) atoms. The highest BCUT2D eigenvalue weighted by atomic mass is 31.2. The number of fused-ring (bicyclic) bond motifs is 1. The lowest BCUT2D eigenvalue weighted by molar-refractivity contribution is -0.130. The molecule has 1 saturated carbocycles. The van der Waals surface area contributed by atoms with Crippen LogP contribution in [0.4, 0.5) is 0 Å². The highest BCUT2D eigenvalue weighted by molar-refractivity contribution is 7.58. The third-order valence-corrected chi connectivity index (χ3v) is 9.42. The lowest BCUT2D eigenvalue weighted by Crippen LogP contribution is -2.54. The first-order valence-electron chi connectivity index (χ1n) is 13.2. The summed E-state index contributed by atoms with van der Waals surface area (Å²) in [6.07, 6.45) is 14.5. The lowest BCUT2D eigenvalue weighted by Gasteiger charge is -2.26. The number of hydrogen-bond donors (Lipinski definition) is 6. The molecule has 0 bridgehead atoms. The highest BCUT2D eigenvalue weighted by Gasteiger charge is 2.32. The molecule has 0 saturated heterocycles. The molecule has 3 rings (SSSR count). The molecule has 202 valence electrons. The smallest absolute Gasteiger partial charge is 0.242 e. The molecule has 1 fully saturated rings. The van der Waals surface area contributed by atoms with Gasteiger partial charge >= 0.3 is 0 Å². The Morgan fingerprint density at radius 2 is 1.86 bits per heavy atom. The van der Waals surface area contributed by atoms with Crippen LogP contribution in [0.25, 0.3) is 0 Å². The van der Waals surface area contributed by atoms with Gasteiger partial charge in [-0.3, -0.25) is 14.2 Å².